The first-order chi connectivity index (χ1) is 14.4. The standard InChI is InChI=1S/C23H22O7/c1-28-22-13-17(7-12-21(22)26)4-9-19(25)14-18(24)8-3-16-5-10-20(11-6-16)30-15-23(27)29-2/h3-14,25-26H,15H2,1-2H3/b8-3+,9-4+,19-14-. The summed E-state index contributed by atoms with van der Waals surface area (Å²) in [5.74, 6) is -0.277. The third-order valence-electron chi connectivity index (χ3n) is 3.84. The van der Waals surface area contributed by atoms with Crippen LogP contribution in [0.25, 0.3) is 12.2 Å². The van der Waals surface area contributed by atoms with Crippen molar-refractivity contribution in [1.82, 2.24) is 0 Å². The van der Waals surface area contributed by atoms with Crippen LogP contribution in [0.1, 0.15) is 11.1 Å². The van der Waals surface area contributed by atoms with Gasteiger partial charge in [0, 0.05) is 6.08 Å². The molecule has 7 heteroatoms. The first-order valence-corrected chi connectivity index (χ1v) is 8.88. The van der Waals surface area contributed by atoms with Crippen molar-refractivity contribution in [1.29, 1.82) is 0 Å². The number of ether oxygens (including phenoxy) is 3. The van der Waals surface area contributed by atoms with Gasteiger partial charge in [-0.15, -0.1) is 0 Å². The van der Waals surface area contributed by atoms with Gasteiger partial charge in [0.05, 0.1) is 14.2 Å². The predicted octanol–water partition coefficient (Wildman–Crippen LogP) is 3.69. The Labute approximate surface area is 174 Å². The molecule has 0 aromatic heterocycles. The molecular weight excluding hydrogens is 388 g/mol. The normalized spacial score (nSPS) is 11.6. The topological polar surface area (TPSA) is 102 Å². The lowest BCUT2D eigenvalue weighted by Crippen LogP contribution is -2.12. The summed E-state index contributed by atoms with van der Waals surface area (Å²) in [4.78, 5) is 23.0. The van der Waals surface area contributed by atoms with Crippen molar-refractivity contribution in [3.05, 3.63) is 77.6 Å². The van der Waals surface area contributed by atoms with Gasteiger partial charge < -0.3 is 24.4 Å². The molecule has 0 spiro atoms. The van der Waals surface area contributed by atoms with E-state index >= 15 is 0 Å². The fourth-order valence-electron chi connectivity index (χ4n) is 2.28. The number of hydrogen-bond acceptors (Lipinski definition) is 7. The maximum atomic E-state index is 12.0. The molecule has 7 nitrogen and oxygen atoms in total. The molecule has 0 aliphatic carbocycles. The minimum Gasteiger partial charge on any atom is -0.508 e. The number of allylic oxidation sites excluding steroid dienone is 3. The zero-order valence-corrected chi connectivity index (χ0v) is 16.6. The van der Waals surface area contributed by atoms with Gasteiger partial charge in [0.1, 0.15) is 11.5 Å². The molecule has 0 fully saturated rings. The van der Waals surface area contributed by atoms with E-state index in [4.69, 9.17) is 9.47 Å². The number of carbonyl (C=O) groups is 2. The van der Waals surface area contributed by atoms with E-state index in [9.17, 15) is 19.8 Å². The molecule has 156 valence electrons. The summed E-state index contributed by atoms with van der Waals surface area (Å²) >= 11 is 0. The Morgan fingerprint density at radius 1 is 0.967 bits per heavy atom. The van der Waals surface area contributed by atoms with Crippen molar-refractivity contribution in [2.24, 2.45) is 0 Å². The summed E-state index contributed by atoms with van der Waals surface area (Å²) in [5.41, 5.74) is 1.43. The van der Waals surface area contributed by atoms with E-state index in [2.05, 4.69) is 4.74 Å². The summed E-state index contributed by atoms with van der Waals surface area (Å²) < 4.78 is 14.7. The Kier molecular flexibility index (Phi) is 8.26. The van der Waals surface area contributed by atoms with Gasteiger partial charge in [-0.05, 0) is 47.5 Å². The third kappa shape index (κ3) is 7.20. The number of aliphatic hydroxyl groups is 1. The van der Waals surface area contributed by atoms with Crippen LogP contribution in [-0.2, 0) is 14.3 Å². The van der Waals surface area contributed by atoms with E-state index in [1.54, 1.807) is 48.6 Å². The van der Waals surface area contributed by atoms with Crippen molar-refractivity contribution < 1.29 is 34.0 Å². The Morgan fingerprint density at radius 3 is 2.30 bits per heavy atom. The Morgan fingerprint density at radius 2 is 1.63 bits per heavy atom. The Bertz CT molecular complexity index is 970. The zero-order valence-electron chi connectivity index (χ0n) is 16.6. The maximum absolute atomic E-state index is 12.0. The lowest BCUT2D eigenvalue weighted by Gasteiger charge is -2.04. The van der Waals surface area contributed by atoms with Crippen LogP contribution in [0, 0.1) is 0 Å². The average Bonchev–Trinajstić information content (AvgIpc) is 2.76. The van der Waals surface area contributed by atoms with Crippen LogP contribution >= 0.6 is 0 Å². The average molecular weight is 410 g/mol. The molecule has 2 rings (SSSR count). The minimum atomic E-state index is -0.477. The maximum Gasteiger partial charge on any atom is 0.343 e. The molecule has 0 aliphatic rings. The molecule has 0 saturated carbocycles. The molecule has 0 atom stereocenters. The van der Waals surface area contributed by atoms with Crippen LogP contribution in [0.4, 0.5) is 0 Å². The smallest absolute Gasteiger partial charge is 0.343 e. The van der Waals surface area contributed by atoms with Crippen LogP contribution < -0.4 is 9.47 Å². The fraction of sp³-hybridized carbons (Fsp3) is 0.130. The molecular formula is C23H22O7. The summed E-state index contributed by atoms with van der Waals surface area (Å²) in [6.07, 6.45) is 6.93. The van der Waals surface area contributed by atoms with Crippen LogP contribution in [0.3, 0.4) is 0 Å². The monoisotopic (exact) mass is 410 g/mol. The van der Waals surface area contributed by atoms with Crippen LogP contribution in [0.5, 0.6) is 17.2 Å². The highest BCUT2D eigenvalue weighted by molar-refractivity contribution is 6.02. The highest BCUT2D eigenvalue weighted by Gasteiger charge is 2.02. The summed E-state index contributed by atoms with van der Waals surface area (Å²) in [6, 6.07) is 11.5. The molecule has 30 heavy (non-hydrogen) atoms. The molecule has 0 aliphatic heterocycles. The Balaban J connectivity index is 1.94. The highest BCUT2D eigenvalue weighted by Crippen LogP contribution is 2.26. The Hall–Kier alpha value is -4.00. The van der Waals surface area contributed by atoms with Crippen LogP contribution in [0.2, 0.25) is 0 Å². The molecule has 0 heterocycles. The molecule has 0 amide bonds. The summed E-state index contributed by atoms with van der Waals surface area (Å²) in [6.45, 7) is -0.182. The highest BCUT2D eigenvalue weighted by atomic mass is 16.6. The molecule has 2 aromatic rings. The number of phenolic OH excluding ortho intramolecular Hbond substituents is 1. The predicted molar refractivity (Wildman–Crippen MR) is 112 cm³/mol. The number of esters is 1. The number of methoxy groups -OCH3 is 2. The first kappa shape index (κ1) is 22.3. The number of carbonyl (C=O) groups excluding carboxylic acids is 2. The quantitative estimate of drug-likeness (QED) is 0.281. The van der Waals surface area contributed by atoms with Crippen molar-refractivity contribution in [2.45, 2.75) is 0 Å². The van der Waals surface area contributed by atoms with E-state index in [1.165, 1.54) is 32.4 Å². The molecule has 2 N–H and O–H groups in total. The number of aliphatic hydroxyl groups excluding tert-OH is 1. The van der Waals surface area contributed by atoms with Crippen LogP contribution in [-0.4, -0.2) is 42.8 Å². The number of hydrogen-bond donors (Lipinski definition) is 2. The summed E-state index contributed by atoms with van der Waals surface area (Å²) in [7, 11) is 2.72. The third-order valence-corrected chi connectivity index (χ3v) is 3.84. The number of ketones is 1. The lowest BCUT2D eigenvalue weighted by molar-refractivity contribution is -0.142. The van der Waals surface area contributed by atoms with E-state index in [-0.39, 0.29) is 18.1 Å². The SMILES string of the molecule is COC(=O)COc1ccc(/C=C/C(=O)/C=C(O)/C=C/c2ccc(O)c(OC)c2)cc1. The largest absolute Gasteiger partial charge is 0.508 e. The van der Waals surface area contributed by atoms with Gasteiger partial charge in [0.25, 0.3) is 0 Å². The van der Waals surface area contributed by atoms with Gasteiger partial charge in [-0.3, -0.25) is 4.79 Å². The minimum absolute atomic E-state index is 0.0118. The second kappa shape index (κ2) is 11.1. The van der Waals surface area contributed by atoms with Crippen molar-refractivity contribution in [2.75, 3.05) is 20.8 Å². The molecule has 0 radical (unpaired) electrons. The lowest BCUT2D eigenvalue weighted by atomic mass is 10.1. The molecule has 0 bridgehead atoms. The summed E-state index contributed by atoms with van der Waals surface area (Å²) in [5, 5.41) is 19.5. The molecule has 2 aromatic carbocycles. The number of benzene rings is 2. The van der Waals surface area contributed by atoms with Crippen molar-refractivity contribution >= 4 is 23.9 Å². The van der Waals surface area contributed by atoms with Gasteiger partial charge in [0.2, 0.25) is 0 Å². The van der Waals surface area contributed by atoms with Crippen molar-refractivity contribution in [3.63, 3.8) is 0 Å². The zero-order chi connectivity index (χ0) is 21.9. The second-order valence-electron chi connectivity index (χ2n) is 6.00. The van der Waals surface area contributed by atoms with Gasteiger partial charge >= 0.3 is 5.97 Å². The number of phenols is 1. The van der Waals surface area contributed by atoms with E-state index < -0.39 is 11.8 Å². The van der Waals surface area contributed by atoms with E-state index in [0.717, 1.165) is 11.6 Å². The first-order valence-electron chi connectivity index (χ1n) is 8.88. The van der Waals surface area contributed by atoms with Gasteiger partial charge in [-0.1, -0.05) is 30.4 Å². The van der Waals surface area contributed by atoms with Crippen molar-refractivity contribution in [3.8, 4) is 17.2 Å². The van der Waals surface area contributed by atoms with Crippen LogP contribution in [0.15, 0.2) is 66.5 Å². The number of rotatable bonds is 9. The molecule has 0 saturated heterocycles. The molecule has 0 unspecified atom stereocenters. The van der Waals surface area contributed by atoms with Gasteiger partial charge in [-0.25, -0.2) is 4.79 Å². The fourth-order valence-corrected chi connectivity index (χ4v) is 2.28. The van der Waals surface area contributed by atoms with E-state index in [0.29, 0.717) is 17.1 Å². The van der Waals surface area contributed by atoms with E-state index in [1.807, 2.05) is 0 Å². The van der Waals surface area contributed by atoms with Gasteiger partial charge in [-0.2, -0.15) is 0 Å². The number of aromatic hydroxyl groups is 1. The van der Waals surface area contributed by atoms with Gasteiger partial charge in [0.15, 0.2) is 23.9 Å². The second-order valence-corrected chi connectivity index (χ2v) is 6.00.